The van der Waals surface area contributed by atoms with Gasteiger partial charge in [-0.25, -0.2) is 8.78 Å². The lowest BCUT2D eigenvalue weighted by Crippen LogP contribution is -1.96. The SMILES string of the molecule is FC1(F)[C@H](CCc2ccccc2)[C@@H]1CBr. The van der Waals surface area contributed by atoms with Crippen molar-refractivity contribution in [3.8, 4) is 0 Å². The molecule has 0 nitrogen and oxygen atoms in total. The van der Waals surface area contributed by atoms with Crippen LogP contribution in [-0.4, -0.2) is 11.3 Å². The summed E-state index contributed by atoms with van der Waals surface area (Å²) in [6, 6.07) is 9.81. The maximum absolute atomic E-state index is 13.1. The van der Waals surface area contributed by atoms with Gasteiger partial charge in [0.15, 0.2) is 0 Å². The lowest BCUT2D eigenvalue weighted by Gasteiger charge is -1.99. The Labute approximate surface area is 96.8 Å². The maximum atomic E-state index is 13.1. The van der Waals surface area contributed by atoms with Crippen LogP contribution in [0.25, 0.3) is 0 Å². The van der Waals surface area contributed by atoms with E-state index in [-0.39, 0.29) is 0 Å². The van der Waals surface area contributed by atoms with Gasteiger partial charge in [-0.15, -0.1) is 0 Å². The Balaban J connectivity index is 1.86. The fraction of sp³-hybridized carbons (Fsp3) is 0.500. The number of hydrogen-bond acceptors (Lipinski definition) is 0. The van der Waals surface area contributed by atoms with Crippen LogP contribution in [0, 0.1) is 11.8 Å². The summed E-state index contributed by atoms with van der Waals surface area (Å²) < 4.78 is 26.3. The first-order chi connectivity index (χ1) is 7.16. The average Bonchev–Trinajstić information content (AvgIpc) is 2.78. The minimum Gasteiger partial charge on any atom is -0.206 e. The Kier molecular flexibility index (Phi) is 3.10. The monoisotopic (exact) mass is 274 g/mol. The lowest BCUT2D eigenvalue weighted by atomic mass is 10.1. The molecule has 0 N–H and O–H groups in total. The second kappa shape index (κ2) is 4.20. The molecule has 0 spiro atoms. The van der Waals surface area contributed by atoms with E-state index in [1.54, 1.807) is 0 Å². The van der Waals surface area contributed by atoms with Gasteiger partial charge in [-0.1, -0.05) is 46.3 Å². The molecule has 0 radical (unpaired) electrons. The molecule has 1 saturated carbocycles. The zero-order valence-electron chi connectivity index (χ0n) is 8.30. The molecule has 1 aromatic rings. The van der Waals surface area contributed by atoms with E-state index in [1.165, 1.54) is 0 Å². The summed E-state index contributed by atoms with van der Waals surface area (Å²) >= 11 is 3.14. The predicted octanol–water partition coefficient (Wildman–Crippen LogP) is 3.90. The van der Waals surface area contributed by atoms with Gasteiger partial charge < -0.3 is 0 Å². The average molecular weight is 275 g/mol. The third kappa shape index (κ3) is 2.22. The zero-order chi connectivity index (χ0) is 10.9. The molecule has 0 amide bonds. The topological polar surface area (TPSA) is 0 Å². The van der Waals surface area contributed by atoms with Crippen molar-refractivity contribution in [3.05, 3.63) is 35.9 Å². The van der Waals surface area contributed by atoms with Crippen LogP contribution in [-0.2, 0) is 6.42 Å². The van der Waals surface area contributed by atoms with Crippen molar-refractivity contribution in [3.63, 3.8) is 0 Å². The molecule has 0 saturated heterocycles. The van der Waals surface area contributed by atoms with E-state index in [2.05, 4.69) is 15.9 Å². The Bertz CT molecular complexity index is 324. The molecule has 0 aliphatic heterocycles. The predicted molar refractivity (Wildman–Crippen MR) is 60.5 cm³/mol. The van der Waals surface area contributed by atoms with Crippen LogP contribution in [0.4, 0.5) is 8.78 Å². The minimum atomic E-state index is -2.43. The summed E-state index contributed by atoms with van der Waals surface area (Å²) in [4.78, 5) is 0. The zero-order valence-corrected chi connectivity index (χ0v) is 9.88. The van der Waals surface area contributed by atoms with Gasteiger partial charge >= 0.3 is 0 Å². The summed E-state index contributed by atoms with van der Waals surface area (Å²) in [7, 11) is 0. The molecule has 1 aliphatic rings. The van der Waals surface area contributed by atoms with Crippen LogP contribution in [0.3, 0.4) is 0 Å². The smallest absolute Gasteiger partial charge is 0.206 e. The standard InChI is InChI=1S/C12H13BrF2/c13-8-11-10(12(11,14)15)7-6-9-4-2-1-3-5-9/h1-5,10-11H,6-8H2/t10-,11+/m1/s1. The van der Waals surface area contributed by atoms with Crippen molar-refractivity contribution in [2.24, 2.45) is 11.8 Å². The second-order valence-corrected chi connectivity index (χ2v) is 4.71. The minimum absolute atomic E-state index is 0.416. The first-order valence-corrected chi connectivity index (χ1v) is 6.26. The van der Waals surface area contributed by atoms with Crippen LogP contribution >= 0.6 is 15.9 Å². The molecule has 82 valence electrons. The molecule has 0 heterocycles. The normalized spacial score (nSPS) is 27.7. The van der Waals surface area contributed by atoms with Gasteiger partial charge in [0.05, 0.1) is 0 Å². The first-order valence-electron chi connectivity index (χ1n) is 5.14. The Hall–Kier alpha value is -0.440. The summed E-state index contributed by atoms with van der Waals surface area (Å²) in [6.07, 6.45) is 1.35. The van der Waals surface area contributed by atoms with Crippen molar-refractivity contribution in [1.29, 1.82) is 0 Å². The molecule has 1 aromatic carbocycles. The number of hydrogen-bond donors (Lipinski definition) is 0. The molecule has 1 aliphatic carbocycles. The van der Waals surface area contributed by atoms with E-state index >= 15 is 0 Å². The van der Waals surface area contributed by atoms with Crippen molar-refractivity contribution in [2.75, 3.05) is 5.33 Å². The van der Waals surface area contributed by atoms with Crippen LogP contribution in [0.1, 0.15) is 12.0 Å². The third-order valence-electron chi connectivity index (χ3n) is 3.12. The molecule has 3 heteroatoms. The Morgan fingerprint density at radius 3 is 2.33 bits per heavy atom. The van der Waals surface area contributed by atoms with Crippen molar-refractivity contribution < 1.29 is 8.78 Å². The van der Waals surface area contributed by atoms with Crippen LogP contribution in [0.2, 0.25) is 0 Å². The summed E-state index contributed by atoms with van der Waals surface area (Å²) in [5.41, 5.74) is 1.15. The first kappa shape index (κ1) is 11.1. The van der Waals surface area contributed by atoms with Gasteiger partial charge in [0, 0.05) is 17.2 Å². The summed E-state index contributed by atoms with van der Waals surface area (Å²) in [5.74, 6) is -3.29. The number of halogens is 3. The van der Waals surface area contributed by atoms with Crippen molar-refractivity contribution in [2.45, 2.75) is 18.8 Å². The van der Waals surface area contributed by atoms with Gasteiger partial charge in [-0.3, -0.25) is 0 Å². The highest BCUT2D eigenvalue weighted by atomic mass is 79.9. The van der Waals surface area contributed by atoms with E-state index in [4.69, 9.17) is 0 Å². The Morgan fingerprint density at radius 1 is 1.13 bits per heavy atom. The van der Waals surface area contributed by atoms with Crippen LogP contribution in [0.15, 0.2) is 30.3 Å². The van der Waals surface area contributed by atoms with E-state index in [1.807, 2.05) is 30.3 Å². The third-order valence-corrected chi connectivity index (χ3v) is 3.82. The van der Waals surface area contributed by atoms with Gasteiger partial charge in [-0.2, -0.15) is 0 Å². The number of benzene rings is 1. The molecule has 2 atom stereocenters. The molecule has 0 bridgehead atoms. The molecule has 0 unspecified atom stereocenters. The van der Waals surface area contributed by atoms with Crippen LogP contribution in [0.5, 0.6) is 0 Å². The lowest BCUT2D eigenvalue weighted by molar-refractivity contribution is 0.0859. The van der Waals surface area contributed by atoms with Crippen molar-refractivity contribution >= 4 is 15.9 Å². The highest BCUT2D eigenvalue weighted by Gasteiger charge is 2.66. The highest BCUT2D eigenvalue weighted by Crippen LogP contribution is 2.57. The quantitative estimate of drug-likeness (QED) is 0.731. The Morgan fingerprint density at radius 2 is 1.80 bits per heavy atom. The number of alkyl halides is 3. The molecular weight excluding hydrogens is 262 g/mol. The van der Waals surface area contributed by atoms with E-state index in [0.717, 1.165) is 12.0 Å². The van der Waals surface area contributed by atoms with E-state index in [9.17, 15) is 8.78 Å². The van der Waals surface area contributed by atoms with Gasteiger partial charge in [0.25, 0.3) is 5.92 Å². The van der Waals surface area contributed by atoms with Crippen LogP contribution < -0.4 is 0 Å². The molecule has 1 fully saturated rings. The second-order valence-electron chi connectivity index (χ2n) is 4.07. The summed E-state index contributed by atoms with van der Waals surface area (Å²) in [5, 5.41) is 0.416. The maximum Gasteiger partial charge on any atom is 0.255 e. The van der Waals surface area contributed by atoms with Crippen molar-refractivity contribution in [1.82, 2.24) is 0 Å². The fourth-order valence-corrected chi connectivity index (χ4v) is 2.91. The fourth-order valence-electron chi connectivity index (χ4n) is 2.03. The van der Waals surface area contributed by atoms with Gasteiger partial charge in [0.2, 0.25) is 0 Å². The summed E-state index contributed by atoms with van der Waals surface area (Å²) in [6.45, 7) is 0. The number of aryl methyl sites for hydroxylation is 1. The largest absolute Gasteiger partial charge is 0.255 e. The highest BCUT2D eigenvalue weighted by molar-refractivity contribution is 9.09. The molecular formula is C12H13BrF2. The molecule has 0 aromatic heterocycles. The number of rotatable bonds is 4. The van der Waals surface area contributed by atoms with Gasteiger partial charge in [0.1, 0.15) is 0 Å². The van der Waals surface area contributed by atoms with Gasteiger partial charge in [-0.05, 0) is 18.4 Å². The molecule has 2 rings (SSSR count). The molecule has 15 heavy (non-hydrogen) atoms. The van der Waals surface area contributed by atoms with E-state index < -0.39 is 17.8 Å². The van der Waals surface area contributed by atoms with E-state index in [0.29, 0.717) is 11.8 Å².